The summed E-state index contributed by atoms with van der Waals surface area (Å²) in [5, 5.41) is 6.86. The van der Waals surface area contributed by atoms with E-state index < -0.39 is 0 Å². The number of ether oxygens (including phenoxy) is 3. The number of aryl methyl sites for hydroxylation is 1. The number of hydrogen-bond donors (Lipinski definition) is 2. The van der Waals surface area contributed by atoms with Gasteiger partial charge in [0.25, 0.3) is 0 Å². The number of hydrogen-bond acceptors (Lipinski definition) is 5. The highest BCUT2D eigenvalue weighted by Crippen LogP contribution is 2.24. The van der Waals surface area contributed by atoms with Gasteiger partial charge in [-0.25, -0.2) is 4.99 Å². The van der Waals surface area contributed by atoms with Crippen molar-refractivity contribution in [3.63, 3.8) is 0 Å². The van der Waals surface area contributed by atoms with Gasteiger partial charge in [0, 0.05) is 38.1 Å². The average molecular weight is 428 g/mol. The van der Waals surface area contributed by atoms with Gasteiger partial charge in [-0.05, 0) is 43.5 Å². The molecule has 2 aliphatic heterocycles. The van der Waals surface area contributed by atoms with Crippen LogP contribution in [0, 0.1) is 6.92 Å². The summed E-state index contributed by atoms with van der Waals surface area (Å²) >= 11 is 0. The Labute approximate surface area is 184 Å². The lowest BCUT2D eigenvalue weighted by Crippen LogP contribution is -2.41. The third kappa shape index (κ3) is 6.74. The minimum Gasteiger partial charge on any atom is -0.488 e. The molecule has 3 heterocycles. The first-order chi connectivity index (χ1) is 15.3. The first-order valence-electron chi connectivity index (χ1n) is 11.3. The van der Waals surface area contributed by atoms with E-state index in [0.29, 0.717) is 13.2 Å². The molecule has 0 radical (unpaired) electrons. The Bertz CT molecular complexity index is 825. The van der Waals surface area contributed by atoms with Gasteiger partial charge < -0.3 is 29.3 Å². The molecule has 0 amide bonds. The summed E-state index contributed by atoms with van der Waals surface area (Å²) in [7, 11) is 0. The van der Waals surface area contributed by atoms with Crippen LogP contribution in [0.15, 0.2) is 46.0 Å². The highest BCUT2D eigenvalue weighted by atomic mass is 16.5. The molecule has 2 unspecified atom stereocenters. The maximum absolute atomic E-state index is 6.22. The molecule has 0 aliphatic carbocycles. The summed E-state index contributed by atoms with van der Waals surface area (Å²) in [6.07, 6.45) is 6.01. The Hall–Kier alpha value is -2.51. The second-order valence-electron chi connectivity index (χ2n) is 8.15. The summed E-state index contributed by atoms with van der Waals surface area (Å²) < 4.78 is 22.9. The van der Waals surface area contributed by atoms with Gasteiger partial charge in [0.05, 0.1) is 32.1 Å². The molecule has 0 saturated carbocycles. The molecular formula is C24H33N3O4. The molecule has 2 atom stereocenters. The van der Waals surface area contributed by atoms with Crippen LogP contribution in [0.25, 0.3) is 0 Å². The molecule has 0 bridgehead atoms. The van der Waals surface area contributed by atoms with Crippen LogP contribution in [-0.4, -0.2) is 51.1 Å². The maximum Gasteiger partial charge on any atom is 0.191 e. The zero-order valence-electron chi connectivity index (χ0n) is 18.3. The highest BCUT2D eigenvalue weighted by Gasteiger charge is 2.19. The molecule has 2 aromatic rings. The smallest absolute Gasteiger partial charge is 0.191 e. The Morgan fingerprint density at radius 3 is 2.94 bits per heavy atom. The van der Waals surface area contributed by atoms with Gasteiger partial charge >= 0.3 is 0 Å². The molecule has 7 heteroatoms. The van der Waals surface area contributed by atoms with Crippen LogP contribution in [0.2, 0.25) is 0 Å². The largest absolute Gasteiger partial charge is 0.488 e. The maximum atomic E-state index is 6.22. The van der Waals surface area contributed by atoms with E-state index in [9.17, 15) is 0 Å². The first-order valence-corrected chi connectivity index (χ1v) is 11.3. The van der Waals surface area contributed by atoms with E-state index in [4.69, 9.17) is 23.6 Å². The minimum atomic E-state index is 0.119. The standard InChI is InChI=1S/C24H33N3O4/c1-18-6-7-19(23(14-18)31-22-9-13-28-17-22)15-26-24(27-16-21-5-3-12-30-21)25-10-8-20-4-2-11-29-20/h2,4,6-7,11,14,21-22H,3,5,8-10,12-13,15-17H2,1H3,(H2,25,26,27). The summed E-state index contributed by atoms with van der Waals surface area (Å²) in [6, 6.07) is 10.2. The van der Waals surface area contributed by atoms with E-state index in [2.05, 4.69) is 35.8 Å². The molecule has 31 heavy (non-hydrogen) atoms. The molecule has 168 valence electrons. The van der Waals surface area contributed by atoms with Crippen molar-refractivity contribution in [2.75, 3.05) is 32.9 Å². The minimum absolute atomic E-state index is 0.119. The summed E-state index contributed by atoms with van der Waals surface area (Å²) in [6.45, 7) is 6.37. The molecule has 2 aliphatic rings. The molecule has 1 aromatic carbocycles. The van der Waals surface area contributed by atoms with Crippen molar-refractivity contribution in [3.05, 3.63) is 53.5 Å². The van der Waals surface area contributed by atoms with Crippen LogP contribution in [-0.2, 0) is 22.4 Å². The molecule has 7 nitrogen and oxygen atoms in total. The van der Waals surface area contributed by atoms with Crippen LogP contribution in [0.5, 0.6) is 5.75 Å². The van der Waals surface area contributed by atoms with Gasteiger partial charge in [0.15, 0.2) is 5.96 Å². The number of guanidine groups is 1. The fourth-order valence-electron chi connectivity index (χ4n) is 3.80. The molecule has 0 spiro atoms. The van der Waals surface area contributed by atoms with Crippen molar-refractivity contribution in [1.29, 1.82) is 0 Å². The summed E-state index contributed by atoms with van der Waals surface area (Å²) in [5.41, 5.74) is 2.25. The second kappa shape index (κ2) is 11.2. The van der Waals surface area contributed by atoms with Crippen LogP contribution >= 0.6 is 0 Å². The first kappa shape index (κ1) is 21.7. The van der Waals surface area contributed by atoms with Crippen molar-refractivity contribution in [1.82, 2.24) is 10.6 Å². The fourth-order valence-corrected chi connectivity index (χ4v) is 3.80. The quantitative estimate of drug-likeness (QED) is 0.473. The lowest BCUT2D eigenvalue weighted by molar-refractivity contribution is 0.114. The van der Waals surface area contributed by atoms with Gasteiger partial charge in [0.2, 0.25) is 0 Å². The van der Waals surface area contributed by atoms with Crippen LogP contribution < -0.4 is 15.4 Å². The summed E-state index contributed by atoms with van der Waals surface area (Å²) in [5.74, 6) is 2.63. The van der Waals surface area contributed by atoms with Gasteiger partial charge in [-0.1, -0.05) is 12.1 Å². The van der Waals surface area contributed by atoms with E-state index in [0.717, 1.165) is 75.0 Å². The second-order valence-corrected chi connectivity index (χ2v) is 8.15. The van der Waals surface area contributed by atoms with Gasteiger partial charge in [-0.3, -0.25) is 0 Å². The lowest BCUT2D eigenvalue weighted by atomic mass is 10.1. The normalized spacial score (nSPS) is 21.4. The third-order valence-electron chi connectivity index (χ3n) is 5.58. The fraction of sp³-hybridized carbons (Fsp3) is 0.542. The SMILES string of the molecule is Cc1ccc(CN=C(NCCc2ccco2)NCC2CCCO2)c(OC2CCOC2)c1. The van der Waals surface area contributed by atoms with Crippen LogP contribution in [0.1, 0.15) is 36.1 Å². The van der Waals surface area contributed by atoms with Gasteiger partial charge in [0.1, 0.15) is 17.6 Å². The lowest BCUT2D eigenvalue weighted by Gasteiger charge is -2.17. The Morgan fingerprint density at radius 2 is 2.16 bits per heavy atom. The van der Waals surface area contributed by atoms with E-state index >= 15 is 0 Å². The topological polar surface area (TPSA) is 77.3 Å². The number of nitrogens with zero attached hydrogens (tertiary/aromatic N) is 1. The molecule has 1 aromatic heterocycles. The molecule has 4 rings (SSSR count). The zero-order valence-corrected chi connectivity index (χ0v) is 18.3. The Kier molecular flexibility index (Phi) is 7.85. The highest BCUT2D eigenvalue weighted by molar-refractivity contribution is 5.79. The monoisotopic (exact) mass is 427 g/mol. The van der Waals surface area contributed by atoms with Gasteiger partial charge in [-0.15, -0.1) is 0 Å². The van der Waals surface area contributed by atoms with E-state index in [-0.39, 0.29) is 12.2 Å². The average Bonchev–Trinajstić information content (AvgIpc) is 3.55. The Balaban J connectivity index is 1.39. The number of rotatable bonds is 9. The van der Waals surface area contributed by atoms with Crippen LogP contribution in [0.4, 0.5) is 0 Å². The van der Waals surface area contributed by atoms with Crippen LogP contribution in [0.3, 0.4) is 0 Å². The van der Waals surface area contributed by atoms with Crippen molar-refractivity contribution >= 4 is 5.96 Å². The Morgan fingerprint density at radius 1 is 1.19 bits per heavy atom. The van der Waals surface area contributed by atoms with Crippen molar-refractivity contribution in [3.8, 4) is 5.75 Å². The zero-order chi connectivity index (χ0) is 21.3. The van der Waals surface area contributed by atoms with Gasteiger partial charge in [-0.2, -0.15) is 0 Å². The third-order valence-corrected chi connectivity index (χ3v) is 5.58. The number of furan rings is 1. The number of benzene rings is 1. The molecule has 2 fully saturated rings. The van der Waals surface area contributed by atoms with Crippen molar-refractivity contribution in [2.45, 2.75) is 51.4 Å². The molecular weight excluding hydrogens is 394 g/mol. The van der Waals surface area contributed by atoms with Crippen molar-refractivity contribution < 1.29 is 18.6 Å². The number of nitrogens with one attached hydrogen (secondary N) is 2. The van der Waals surface area contributed by atoms with E-state index in [1.54, 1.807) is 6.26 Å². The van der Waals surface area contributed by atoms with Crippen molar-refractivity contribution in [2.24, 2.45) is 4.99 Å². The molecule has 2 saturated heterocycles. The molecule has 2 N–H and O–H groups in total. The number of aliphatic imine (C=N–C) groups is 1. The van der Waals surface area contributed by atoms with E-state index in [1.165, 1.54) is 5.56 Å². The summed E-state index contributed by atoms with van der Waals surface area (Å²) in [4.78, 5) is 4.84. The van der Waals surface area contributed by atoms with E-state index in [1.807, 2.05) is 12.1 Å². The predicted molar refractivity (Wildman–Crippen MR) is 120 cm³/mol. The predicted octanol–water partition coefficient (Wildman–Crippen LogP) is 3.21.